The fourth-order valence-electron chi connectivity index (χ4n) is 3.99. The molecule has 24 heavy (non-hydrogen) atoms. The van der Waals surface area contributed by atoms with E-state index >= 15 is 0 Å². The average molecular weight is 328 g/mol. The van der Waals surface area contributed by atoms with E-state index in [1.54, 1.807) is 0 Å². The maximum absolute atomic E-state index is 12.5. The van der Waals surface area contributed by atoms with Crippen LogP contribution in [0.15, 0.2) is 18.2 Å². The summed E-state index contributed by atoms with van der Waals surface area (Å²) < 4.78 is 0. The molecule has 3 aliphatic rings. The molecule has 130 valence electrons. The average Bonchev–Trinajstić information content (AvgIpc) is 3.36. The summed E-state index contributed by atoms with van der Waals surface area (Å²) in [6.45, 7) is 5.37. The molecule has 1 N–H and O–H groups in total. The molecule has 2 aliphatic heterocycles. The first-order chi connectivity index (χ1) is 11.8. The van der Waals surface area contributed by atoms with Crippen LogP contribution < -0.4 is 5.32 Å². The molecule has 5 nitrogen and oxygen atoms in total. The topological polar surface area (TPSA) is 48.5 Å². The molecule has 0 radical (unpaired) electrons. The molecule has 3 fully saturated rings. The van der Waals surface area contributed by atoms with Gasteiger partial charge in [0.1, 0.15) is 5.82 Å². The minimum absolute atomic E-state index is 0.0107. The van der Waals surface area contributed by atoms with Gasteiger partial charge in [0.15, 0.2) is 0 Å². The second-order valence-corrected chi connectivity index (χ2v) is 7.61. The van der Waals surface area contributed by atoms with Crippen molar-refractivity contribution in [1.29, 1.82) is 0 Å². The van der Waals surface area contributed by atoms with Crippen molar-refractivity contribution in [3.05, 3.63) is 23.9 Å². The van der Waals surface area contributed by atoms with Crippen molar-refractivity contribution < 1.29 is 4.79 Å². The molecular weight excluding hydrogens is 300 g/mol. The van der Waals surface area contributed by atoms with Crippen molar-refractivity contribution in [3.63, 3.8) is 0 Å². The Hall–Kier alpha value is -1.62. The van der Waals surface area contributed by atoms with E-state index in [1.165, 1.54) is 45.2 Å². The van der Waals surface area contributed by atoms with Crippen LogP contribution in [-0.2, 0) is 0 Å². The lowest BCUT2D eigenvalue weighted by Crippen LogP contribution is -2.37. The Labute approximate surface area is 144 Å². The summed E-state index contributed by atoms with van der Waals surface area (Å²) in [5, 5.41) is 2.99. The first-order valence-corrected chi connectivity index (χ1v) is 9.53. The molecule has 1 aromatic heterocycles. The van der Waals surface area contributed by atoms with Crippen LogP contribution in [0, 0.1) is 5.92 Å². The predicted octanol–water partition coefficient (Wildman–Crippen LogP) is 3.30. The molecule has 0 spiro atoms. The van der Waals surface area contributed by atoms with Crippen molar-refractivity contribution in [3.8, 4) is 0 Å². The number of nitrogens with one attached hydrogen (secondary N) is 1. The van der Waals surface area contributed by atoms with Crippen LogP contribution in [0.2, 0.25) is 0 Å². The van der Waals surface area contributed by atoms with Gasteiger partial charge in [0.05, 0.1) is 0 Å². The molecular formula is C19H28N4O. The smallest absolute Gasteiger partial charge is 0.323 e. The van der Waals surface area contributed by atoms with E-state index < -0.39 is 0 Å². The van der Waals surface area contributed by atoms with Gasteiger partial charge in [0.25, 0.3) is 0 Å². The predicted molar refractivity (Wildman–Crippen MR) is 95.2 cm³/mol. The summed E-state index contributed by atoms with van der Waals surface area (Å²) in [7, 11) is 0. The van der Waals surface area contributed by atoms with Gasteiger partial charge in [-0.1, -0.05) is 12.5 Å². The van der Waals surface area contributed by atoms with Gasteiger partial charge < -0.3 is 9.80 Å². The Bertz CT molecular complexity index is 580. The summed E-state index contributed by atoms with van der Waals surface area (Å²) in [6.07, 6.45) is 7.63. The van der Waals surface area contributed by atoms with E-state index in [4.69, 9.17) is 0 Å². The van der Waals surface area contributed by atoms with Gasteiger partial charge >= 0.3 is 6.03 Å². The van der Waals surface area contributed by atoms with Crippen LogP contribution in [0.5, 0.6) is 0 Å². The third kappa shape index (κ3) is 3.89. The normalized spacial score (nSPS) is 25.0. The van der Waals surface area contributed by atoms with E-state index in [-0.39, 0.29) is 6.03 Å². The van der Waals surface area contributed by atoms with Gasteiger partial charge in [0.2, 0.25) is 0 Å². The number of hydrogen-bond acceptors (Lipinski definition) is 3. The highest BCUT2D eigenvalue weighted by molar-refractivity contribution is 5.88. The fraction of sp³-hybridized carbons (Fsp3) is 0.684. The molecule has 1 saturated carbocycles. The van der Waals surface area contributed by atoms with Gasteiger partial charge in [-0.3, -0.25) is 5.32 Å². The summed E-state index contributed by atoms with van der Waals surface area (Å²) in [5.41, 5.74) is 1.12. The molecule has 2 saturated heterocycles. The van der Waals surface area contributed by atoms with Crippen LogP contribution in [-0.4, -0.2) is 53.5 Å². The van der Waals surface area contributed by atoms with Crippen molar-refractivity contribution in [2.24, 2.45) is 5.92 Å². The zero-order valence-corrected chi connectivity index (χ0v) is 14.4. The lowest BCUT2D eigenvalue weighted by atomic mass is 10.1. The number of carbonyl (C=O) groups excluding carboxylic acids is 1. The standard InChI is InChI=1S/C19H28N4O/c24-19(21-18-6-4-5-17(20-18)16-7-8-16)23-12-9-15(14-23)13-22-10-2-1-3-11-22/h4-6,15-16H,1-3,7-14H2,(H,20,21,24). The van der Waals surface area contributed by atoms with Crippen LogP contribution in [0.25, 0.3) is 0 Å². The highest BCUT2D eigenvalue weighted by Crippen LogP contribution is 2.39. The van der Waals surface area contributed by atoms with Crippen LogP contribution in [0.4, 0.5) is 10.6 Å². The van der Waals surface area contributed by atoms with E-state index in [1.807, 2.05) is 17.0 Å². The van der Waals surface area contributed by atoms with Crippen molar-refractivity contribution in [2.75, 3.05) is 38.0 Å². The van der Waals surface area contributed by atoms with Crippen molar-refractivity contribution >= 4 is 11.8 Å². The number of urea groups is 1. The molecule has 1 unspecified atom stereocenters. The molecule has 2 amide bonds. The van der Waals surface area contributed by atoms with Gasteiger partial charge in [-0.15, -0.1) is 0 Å². The van der Waals surface area contributed by atoms with Crippen molar-refractivity contribution in [2.45, 2.75) is 44.4 Å². The highest BCUT2D eigenvalue weighted by Gasteiger charge is 2.29. The van der Waals surface area contributed by atoms with Gasteiger partial charge in [-0.25, -0.2) is 9.78 Å². The lowest BCUT2D eigenvalue weighted by Gasteiger charge is -2.28. The number of aromatic nitrogens is 1. The summed E-state index contributed by atoms with van der Waals surface area (Å²) >= 11 is 0. The number of rotatable bonds is 4. The second-order valence-electron chi connectivity index (χ2n) is 7.61. The van der Waals surface area contributed by atoms with Crippen LogP contribution in [0.1, 0.15) is 50.1 Å². The molecule has 3 heterocycles. The number of carbonyl (C=O) groups is 1. The number of piperidine rings is 1. The van der Waals surface area contributed by atoms with Gasteiger partial charge in [-0.05, 0) is 63.2 Å². The maximum atomic E-state index is 12.5. The molecule has 1 aromatic rings. The summed E-state index contributed by atoms with van der Waals surface area (Å²) in [4.78, 5) is 21.6. The van der Waals surface area contributed by atoms with Crippen LogP contribution >= 0.6 is 0 Å². The first kappa shape index (κ1) is 15.9. The number of amides is 2. The van der Waals surface area contributed by atoms with E-state index in [9.17, 15) is 4.79 Å². The highest BCUT2D eigenvalue weighted by atomic mass is 16.2. The number of anilines is 1. The van der Waals surface area contributed by atoms with E-state index in [0.717, 1.165) is 31.7 Å². The quantitative estimate of drug-likeness (QED) is 0.922. The number of hydrogen-bond donors (Lipinski definition) is 1. The Morgan fingerprint density at radius 2 is 1.96 bits per heavy atom. The Morgan fingerprint density at radius 3 is 2.75 bits per heavy atom. The van der Waals surface area contributed by atoms with E-state index in [0.29, 0.717) is 17.7 Å². The maximum Gasteiger partial charge on any atom is 0.323 e. The minimum atomic E-state index is 0.0107. The Balaban J connectivity index is 1.28. The summed E-state index contributed by atoms with van der Waals surface area (Å²) in [5.74, 6) is 1.94. The molecule has 0 bridgehead atoms. The molecule has 0 aromatic carbocycles. The minimum Gasteiger partial charge on any atom is -0.324 e. The third-order valence-electron chi connectivity index (χ3n) is 5.54. The Kier molecular flexibility index (Phi) is 4.69. The zero-order valence-electron chi connectivity index (χ0n) is 14.4. The Morgan fingerprint density at radius 1 is 1.12 bits per heavy atom. The molecule has 4 rings (SSSR count). The van der Waals surface area contributed by atoms with Crippen LogP contribution in [0.3, 0.4) is 0 Å². The second kappa shape index (κ2) is 7.09. The SMILES string of the molecule is O=C(Nc1cccc(C2CC2)n1)N1CCC(CN2CCCCC2)C1. The molecule has 1 aliphatic carbocycles. The summed E-state index contributed by atoms with van der Waals surface area (Å²) in [6, 6.07) is 5.97. The monoisotopic (exact) mass is 328 g/mol. The number of likely N-dealkylation sites (tertiary alicyclic amines) is 2. The third-order valence-corrected chi connectivity index (χ3v) is 5.54. The lowest BCUT2D eigenvalue weighted by molar-refractivity contribution is 0.192. The van der Waals surface area contributed by atoms with E-state index in [2.05, 4.69) is 21.3 Å². The molecule has 1 atom stereocenters. The number of pyridine rings is 1. The number of nitrogens with zero attached hydrogens (tertiary/aromatic N) is 3. The molecule has 5 heteroatoms. The van der Waals surface area contributed by atoms with Crippen molar-refractivity contribution in [1.82, 2.24) is 14.8 Å². The van der Waals surface area contributed by atoms with Gasteiger partial charge in [-0.2, -0.15) is 0 Å². The first-order valence-electron chi connectivity index (χ1n) is 9.53. The zero-order chi connectivity index (χ0) is 16.4. The largest absolute Gasteiger partial charge is 0.324 e. The van der Waals surface area contributed by atoms with Gasteiger partial charge in [0, 0.05) is 31.2 Å². The fourth-order valence-corrected chi connectivity index (χ4v) is 3.99.